The summed E-state index contributed by atoms with van der Waals surface area (Å²) in [7, 11) is 0. The minimum absolute atomic E-state index is 0.0893. The Balaban J connectivity index is 1.88. The Kier molecular flexibility index (Phi) is 6.24. The Labute approximate surface area is 177 Å². The number of alkyl halides is 3. The van der Waals surface area contributed by atoms with E-state index in [1.165, 1.54) is 18.2 Å². The summed E-state index contributed by atoms with van der Waals surface area (Å²) in [6.45, 7) is 0.677. The van der Waals surface area contributed by atoms with Crippen LogP contribution < -0.4 is 15.4 Å². The van der Waals surface area contributed by atoms with Crippen molar-refractivity contribution < 1.29 is 32.6 Å². The number of fused-ring (bicyclic) bond motifs is 1. The lowest BCUT2D eigenvalue weighted by Gasteiger charge is -2.27. The number of halogens is 4. The number of amides is 2. The molecule has 0 fully saturated rings. The fraction of sp³-hybridized carbons (Fsp3) is 0.333. The number of ether oxygens (including phenoxy) is 1. The van der Waals surface area contributed by atoms with Crippen LogP contribution in [0.4, 0.5) is 18.0 Å². The monoisotopic (exact) mass is 523 g/mol. The average Bonchev–Trinajstić information content (AvgIpc) is 2.98. The molecule has 0 unspecified atom stereocenters. The summed E-state index contributed by atoms with van der Waals surface area (Å²) in [5, 5.41) is 13.8. The zero-order valence-electron chi connectivity index (χ0n) is 14.9. The van der Waals surface area contributed by atoms with Crippen LogP contribution in [0.25, 0.3) is 11.1 Å². The molecular formula is C18H17F3IN3O4. The fourth-order valence-corrected chi connectivity index (χ4v) is 4.37. The summed E-state index contributed by atoms with van der Waals surface area (Å²) in [6.07, 6.45) is -4.69. The van der Waals surface area contributed by atoms with Crippen molar-refractivity contribution in [3.05, 3.63) is 39.7 Å². The number of rotatable bonds is 6. The molecule has 1 aromatic heterocycles. The zero-order valence-corrected chi connectivity index (χ0v) is 17.1. The van der Waals surface area contributed by atoms with Gasteiger partial charge in [-0.1, -0.05) is 12.1 Å². The summed E-state index contributed by atoms with van der Waals surface area (Å²) in [5.41, 5.74) is 1.53. The van der Waals surface area contributed by atoms with Gasteiger partial charge in [-0.3, -0.25) is 4.79 Å². The van der Waals surface area contributed by atoms with E-state index in [4.69, 9.17) is 5.11 Å². The molecule has 3 N–H and O–H groups in total. The number of nitrogens with zero attached hydrogens (tertiary/aromatic N) is 1. The molecule has 1 aromatic carbocycles. The number of nitrogens with one attached hydrogen (secondary N) is 2. The molecule has 2 amide bonds. The van der Waals surface area contributed by atoms with Crippen LogP contribution in [-0.4, -0.2) is 41.1 Å². The first kappa shape index (κ1) is 21.3. The number of carboxylic acid groups (broad SMARTS) is 1. The van der Waals surface area contributed by atoms with Gasteiger partial charge in [0.1, 0.15) is 11.4 Å². The van der Waals surface area contributed by atoms with Crippen molar-refractivity contribution in [1.29, 1.82) is 0 Å². The first-order chi connectivity index (χ1) is 13.7. The minimum Gasteiger partial charge on any atom is -0.465 e. The second kappa shape index (κ2) is 8.51. The Morgan fingerprint density at radius 3 is 2.83 bits per heavy atom. The van der Waals surface area contributed by atoms with E-state index < -0.39 is 12.5 Å². The van der Waals surface area contributed by atoms with E-state index in [1.807, 2.05) is 4.57 Å². The lowest BCUT2D eigenvalue weighted by atomic mass is 10.1. The zero-order chi connectivity index (χ0) is 21.2. The third-order valence-electron chi connectivity index (χ3n) is 4.44. The highest BCUT2D eigenvalue weighted by atomic mass is 127. The van der Waals surface area contributed by atoms with Crippen LogP contribution in [0.1, 0.15) is 29.4 Å². The molecule has 2 aromatic rings. The molecule has 1 aliphatic heterocycles. The van der Waals surface area contributed by atoms with Crippen LogP contribution >= 0.6 is 22.6 Å². The van der Waals surface area contributed by atoms with Crippen LogP contribution in [0.3, 0.4) is 0 Å². The molecule has 29 heavy (non-hydrogen) atoms. The van der Waals surface area contributed by atoms with Crippen molar-refractivity contribution in [2.75, 3.05) is 13.1 Å². The maximum atomic E-state index is 12.5. The van der Waals surface area contributed by atoms with E-state index in [1.54, 1.807) is 12.1 Å². The Morgan fingerprint density at radius 2 is 2.14 bits per heavy atom. The maximum absolute atomic E-state index is 12.5. The van der Waals surface area contributed by atoms with Crippen LogP contribution in [-0.2, 0) is 0 Å². The number of benzene rings is 1. The van der Waals surface area contributed by atoms with Crippen molar-refractivity contribution in [1.82, 2.24) is 15.2 Å². The van der Waals surface area contributed by atoms with E-state index in [2.05, 4.69) is 38.0 Å². The fourth-order valence-electron chi connectivity index (χ4n) is 3.25. The van der Waals surface area contributed by atoms with Crippen LogP contribution in [0.2, 0.25) is 0 Å². The Bertz CT molecular complexity index is 930. The molecule has 0 saturated heterocycles. The largest absolute Gasteiger partial charge is 0.573 e. The molecule has 2 heterocycles. The molecule has 1 aliphatic rings. The molecular weight excluding hydrogens is 506 g/mol. The second-order valence-corrected chi connectivity index (χ2v) is 7.44. The summed E-state index contributed by atoms with van der Waals surface area (Å²) >= 11 is 2.07. The summed E-state index contributed by atoms with van der Waals surface area (Å²) in [4.78, 5) is 22.9. The molecule has 11 heteroatoms. The molecule has 1 atom stereocenters. The molecule has 0 spiro atoms. The van der Waals surface area contributed by atoms with Crippen molar-refractivity contribution >= 4 is 34.6 Å². The topological polar surface area (TPSA) is 92.6 Å². The van der Waals surface area contributed by atoms with Gasteiger partial charge in [-0.25, -0.2) is 4.79 Å². The lowest BCUT2D eigenvalue weighted by molar-refractivity contribution is -0.274. The third kappa shape index (κ3) is 5.14. The number of aromatic nitrogens is 1. The van der Waals surface area contributed by atoms with Gasteiger partial charge in [0.2, 0.25) is 0 Å². The second-order valence-electron chi connectivity index (χ2n) is 6.42. The normalized spacial score (nSPS) is 16.1. The van der Waals surface area contributed by atoms with Gasteiger partial charge in [-0.15, -0.1) is 13.2 Å². The van der Waals surface area contributed by atoms with Gasteiger partial charge >= 0.3 is 12.5 Å². The van der Waals surface area contributed by atoms with Gasteiger partial charge in [0.05, 0.1) is 9.74 Å². The van der Waals surface area contributed by atoms with Crippen molar-refractivity contribution in [2.45, 2.75) is 25.2 Å². The number of carbonyl (C=O) groups excluding carboxylic acids is 1. The van der Waals surface area contributed by atoms with Gasteiger partial charge < -0.3 is 25.0 Å². The molecule has 3 rings (SSSR count). The van der Waals surface area contributed by atoms with E-state index >= 15 is 0 Å². The van der Waals surface area contributed by atoms with Gasteiger partial charge in [0, 0.05) is 18.7 Å². The molecule has 7 nitrogen and oxygen atoms in total. The quantitative estimate of drug-likeness (QED) is 0.395. The predicted molar refractivity (Wildman–Crippen MR) is 106 cm³/mol. The summed E-state index contributed by atoms with van der Waals surface area (Å²) in [5.74, 6) is -0.604. The van der Waals surface area contributed by atoms with Crippen LogP contribution in [0, 0.1) is 3.70 Å². The predicted octanol–water partition coefficient (Wildman–Crippen LogP) is 3.99. The van der Waals surface area contributed by atoms with Gasteiger partial charge in [0.15, 0.2) is 0 Å². The Morgan fingerprint density at radius 1 is 1.38 bits per heavy atom. The summed E-state index contributed by atoms with van der Waals surface area (Å²) < 4.78 is 44.1. The van der Waals surface area contributed by atoms with E-state index in [9.17, 15) is 22.8 Å². The highest BCUT2D eigenvalue weighted by Gasteiger charge is 2.32. The van der Waals surface area contributed by atoms with Crippen molar-refractivity contribution in [3.63, 3.8) is 0 Å². The highest BCUT2D eigenvalue weighted by molar-refractivity contribution is 14.1. The highest BCUT2D eigenvalue weighted by Crippen LogP contribution is 2.36. The van der Waals surface area contributed by atoms with Crippen molar-refractivity contribution in [3.8, 4) is 16.9 Å². The SMILES string of the molecule is O=C(O)NCCC[C@H]1CNC(=O)c2cc(-c3cccc(OC(F)(F)F)c3)c(I)n21. The van der Waals surface area contributed by atoms with E-state index in [0.29, 0.717) is 39.9 Å². The standard InChI is InChI=1S/C18H17F3IN3O4/c19-18(20,21)29-12-5-1-3-10(7-12)13-8-14-16(26)24-9-11(25(14)15(13)22)4-2-6-23-17(27)28/h1,3,5,7-8,11,23H,2,4,6,9H2,(H,24,26)(H,27,28)/t11-/m0/s1. The molecule has 0 bridgehead atoms. The average molecular weight is 523 g/mol. The van der Waals surface area contributed by atoms with Crippen LogP contribution in [0.15, 0.2) is 30.3 Å². The Hall–Kier alpha value is -2.44. The third-order valence-corrected chi connectivity index (χ3v) is 5.54. The number of carbonyl (C=O) groups is 2. The number of hydrogen-bond acceptors (Lipinski definition) is 3. The van der Waals surface area contributed by atoms with Gasteiger partial charge in [-0.2, -0.15) is 0 Å². The minimum atomic E-state index is -4.79. The smallest absolute Gasteiger partial charge is 0.465 e. The van der Waals surface area contributed by atoms with Gasteiger partial charge in [0.25, 0.3) is 5.91 Å². The summed E-state index contributed by atoms with van der Waals surface area (Å²) in [6, 6.07) is 7.15. The van der Waals surface area contributed by atoms with Gasteiger partial charge in [-0.05, 0) is 59.2 Å². The first-order valence-electron chi connectivity index (χ1n) is 8.67. The molecule has 0 saturated carbocycles. The van der Waals surface area contributed by atoms with Crippen molar-refractivity contribution in [2.24, 2.45) is 0 Å². The number of hydrogen-bond donors (Lipinski definition) is 3. The van der Waals surface area contributed by atoms with Crippen LogP contribution in [0.5, 0.6) is 5.75 Å². The maximum Gasteiger partial charge on any atom is 0.573 e. The molecule has 156 valence electrons. The van der Waals surface area contributed by atoms with E-state index in [0.717, 1.165) is 0 Å². The first-order valence-corrected chi connectivity index (χ1v) is 9.75. The van der Waals surface area contributed by atoms with E-state index in [-0.39, 0.29) is 24.2 Å². The lowest BCUT2D eigenvalue weighted by Crippen LogP contribution is -2.39. The molecule has 0 radical (unpaired) electrons. The molecule has 0 aliphatic carbocycles.